The highest BCUT2D eigenvalue weighted by Crippen LogP contribution is 2.32. The number of nitrogens with one attached hydrogen (secondary N) is 2. The lowest BCUT2D eigenvalue weighted by Crippen LogP contribution is -2.26. The van der Waals surface area contributed by atoms with E-state index in [-0.39, 0.29) is 5.91 Å². The van der Waals surface area contributed by atoms with E-state index in [4.69, 9.17) is 9.47 Å². The smallest absolute Gasteiger partial charge is 0.269 e. The number of hydrogen-bond donors (Lipinski definition) is 2. The summed E-state index contributed by atoms with van der Waals surface area (Å²) in [5, 5.41) is 9.86. The second kappa shape index (κ2) is 8.15. The third-order valence-electron chi connectivity index (χ3n) is 3.93. The fraction of sp³-hybridized carbons (Fsp3) is 0.211. The van der Waals surface area contributed by atoms with E-state index in [2.05, 4.69) is 20.5 Å². The second-order valence-corrected chi connectivity index (χ2v) is 5.60. The molecule has 2 aromatic heterocycles. The van der Waals surface area contributed by atoms with Gasteiger partial charge in [-0.25, -0.2) is 0 Å². The van der Waals surface area contributed by atoms with Crippen molar-refractivity contribution in [2.45, 2.75) is 6.42 Å². The van der Waals surface area contributed by atoms with Crippen molar-refractivity contribution in [3.05, 3.63) is 60.0 Å². The predicted molar refractivity (Wildman–Crippen MR) is 97.4 cm³/mol. The van der Waals surface area contributed by atoms with Crippen LogP contribution in [0.15, 0.2) is 48.8 Å². The summed E-state index contributed by atoms with van der Waals surface area (Å²) in [6, 6.07) is 11.0. The summed E-state index contributed by atoms with van der Waals surface area (Å²) in [4.78, 5) is 16.3. The van der Waals surface area contributed by atoms with Crippen molar-refractivity contribution < 1.29 is 14.3 Å². The third kappa shape index (κ3) is 4.00. The van der Waals surface area contributed by atoms with Crippen LogP contribution in [0, 0.1) is 0 Å². The largest absolute Gasteiger partial charge is 0.497 e. The second-order valence-electron chi connectivity index (χ2n) is 5.60. The van der Waals surface area contributed by atoms with Crippen LogP contribution in [-0.4, -0.2) is 41.9 Å². The first-order chi connectivity index (χ1) is 12.7. The molecule has 26 heavy (non-hydrogen) atoms. The highest BCUT2D eigenvalue weighted by Gasteiger charge is 2.14. The van der Waals surface area contributed by atoms with Crippen LogP contribution in [0.1, 0.15) is 16.1 Å². The van der Waals surface area contributed by atoms with E-state index in [0.717, 1.165) is 11.1 Å². The topological polar surface area (TPSA) is 89.1 Å². The summed E-state index contributed by atoms with van der Waals surface area (Å²) in [6.45, 7) is 0.519. The number of methoxy groups -OCH3 is 2. The van der Waals surface area contributed by atoms with Gasteiger partial charge < -0.3 is 14.8 Å². The van der Waals surface area contributed by atoms with Crippen LogP contribution in [0.4, 0.5) is 0 Å². The number of pyridine rings is 1. The van der Waals surface area contributed by atoms with E-state index >= 15 is 0 Å². The zero-order valence-corrected chi connectivity index (χ0v) is 14.7. The maximum absolute atomic E-state index is 12.3. The van der Waals surface area contributed by atoms with E-state index in [1.165, 1.54) is 0 Å². The molecular formula is C19H20N4O3. The predicted octanol–water partition coefficient (Wildman–Crippen LogP) is 2.46. The van der Waals surface area contributed by atoms with Crippen LogP contribution in [-0.2, 0) is 6.42 Å². The van der Waals surface area contributed by atoms with Gasteiger partial charge in [-0.1, -0.05) is 6.07 Å². The number of H-pyrrole nitrogens is 1. The Bertz CT molecular complexity index is 878. The van der Waals surface area contributed by atoms with Crippen molar-refractivity contribution in [3.8, 4) is 22.8 Å². The number of rotatable bonds is 7. The van der Waals surface area contributed by atoms with Crippen molar-refractivity contribution in [3.63, 3.8) is 0 Å². The minimum Gasteiger partial charge on any atom is -0.497 e. The van der Waals surface area contributed by atoms with Gasteiger partial charge in [0.1, 0.15) is 17.2 Å². The number of aromatic nitrogens is 3. The Labute approximate surface area is 151 Å². The number of aromatic amines is 1. The summed E-state index contributed by atoms with van der Waals surface area (Å²) in [5.41, 5.74) is 2.87. The van der Waals surface area contributed by atoms with Crippen LogP contribution in [0.25, 0.3) is 11.3 Å². The molecule has 3 rings (SSSR count). The lowest BCUT2D eigenvalue weighted by Gasteiger charge is -2.08. The molecule has 0 aliphatic heterocycles. The van der Waals surface area contributed by atoms with Gasteiger partial charge in [-0.15, -0.1) is 0 Å². The molecule has 0 spiro atoms. The number of amides is 1. The van der Waals surface area contributed by atoms with Crippen molar-refractivity contribution in [1.82, 2.24) is 20.5 Å². The van der Waals surface area contributed by atoms with E-state index in [1.54, 1.807) is 38.7 Å². The average Bonchev–Trinajstić information content (AvgIpc) is 3.18. The highest BCUT2D eigenvalue weighted by molar-refractivity contribution is 5.93. The summed E-state index contributed by atoms with van der Waals surface area (Å²) < 4.78 is 10.6. The monoisotopic (exact) mass is 352 g/mol. The summed E-state index contributed by atoms with van der Waals surface area (Å²) in [5.74, 6) is 1.11. The number of carbonyl (C=O) groups is 1. The van der Waals surface area contributed by atoms with E-state index < -0.39 is 0 Å². The highest BCUT2D eigenvalue weighted by atomic mass is 16.5. The summed E-state index contributed by atoms with van der Waals surface area (Å²) in [7, 11) is 3.17. The Morgan fingerprint density at radius 3 is 2.81 bits per heavy atom. The van der Waals surface area contributed by atoms with Gasteiger partial charge in [0, 0.05) is 30.6 Å². The van der Waals surface area contributed by atoms with Gasteiger partial charge in [-0.05, 0) is 36.2 Å². The Morgan fingerprint density at radius 1 is 1.19 bits per heavy atom. The quantitative estimate of drug-likeness (QED) is 0.682. The lowest BCUT2D eigenvalue weighted by atomic mass is 10.1. The first kappa shape index (κ1) is 17.5. The lowest BCUT2D eigenvalue weighted by molar-refractivity contribution is 0.0949. The van der Waals surface area contributed by atoms with Crippen LogP contribution in [0.2, 0.25) is 0 Å². The van der Waals surface area contributed by atoms with Crippen molar-refractivity contribution in [2.75, 3.05) is 20.8 Å². The number of benzene rings is 1. The molecule has 2 heterocycles. The van der Waals surface area contributed by atoms with Gasteiger partial charge in [-0.3, -0.25) is 14.9 Å². The van der Waals surface area contributed by atoms with Crippen LogP contribution >= 0.6 is 0 Å². The average molecular weight is 352 g/mol. The molecule has 0 aliphatic carbocycles. The molecule has 134 valence electrons. The molecule has 1 amide bonds. The van der Waals surface area contributed by atoms with Gasteiger partial charge in [0.2, 0.25) is 0 Å². The molecule has 0 radical (unpaired) electrons. The van der Waals surface area contributed by atoms with Gasteiger partial charge in [-0.2, -0.15) is 5.10 Å². The number of nitrogens with zero attached hydrogens (tertiary/aromatic N) is 2. The van der Waals surface area contributed by atoms with Crippen LogP contribution in [0.3, 0.4) is 0 Å². The fourth-order valence-corrected chi connectivity index (χ4v) is 2.55. The zero-order valence-electron chi connectivity index (χ0n) is 14.7. The molecule has 0 unspecified atom stereocenters. The number of ether oxygens (including phenoxy) is 2. The van der Waals surface area contributed by atoms with E-state index in [1.807, 2.05) is 24.3 Å². The molecule has 7 heteroatoms. The van der Waals surface area contributed by atoms with Crippen molar-refractivity contribution >= 4 is 5.91 Å². The first-order valence-corrected chi connectivity index (χ1v) is 8.16. The first-order valence-electron chi connectivity index (χ1n) is 8.16. The van der Waals surface area contributed by atoms with Crippen molar-refractivity contribution in [2.24, 2.45) is 0 Å². The van der Waals surface area contributed by atoms with Crippen molar-refractivity contribution in [1.29, 1.82) is 0 Å². The van der Waals surface area contributed by atoms with Gasteiger partial charge >= 0.3 is 0 Å². The Balaban J connectivity index is 1.66. The maximum Gasteiger partial charge on any atom is 0.269 e. The summed E-state index contributed by atoms with van der Waals surface area (Å²) >= 11 is 0. The molecule has 7 nitrogen and oxygen atoms in total. The molecule has 0 saturated carbocycles. The standard InChI is InChI=1S/C19H20N4O3/c1-25-14-5-6-15(18(10-14)26-2)16-11-17(23-22-16)19(24)21-9-7-13-4-3-8-20-12-13/h3-6,8,10-12H,7,9H2,1-2H3,(H,21,24)(H,22,23). The number of hydrogen-bond acceptors (Lipinski definition) is 5. The molecule has 3 aromatic rings. The minimum absolute atomic E-state index is 0.208. The Hall–Kier alpha value is -3.35. The summed E-state index contributed by atoms with van der Waals surface area (Å²) in [6.07, 6.45) is 4.23. The molecule has 0 bridgehead atoms. The fourth-order valence-electron chi connectivity index (χ4n) is 2.55. The third-order valence-corrected chi connectivity index (χ3v) is 3.93. The normalized spacial score (nSPS) is 10.4. The molecule has 0 fully saturated rings. The zero-order chi connectivity index (χ0) is 18.4. The Kier molecular flexibility index (Phi) is 5.48. The molecule has 2 N–H and O–H groups in total. The molecule has 0 aliphatic rings. The van der Waals surface area contributed by atoms with Gasteiger partial charge in [0.25, 0.3) is 5.91 Å². The SMILES string of the molecule is COc1ccc(-c2cc(C(=O)NCCc3cccnc3)[nH]n2)c(OC)c1. The van der Waals surface area contributed by atoms with Gasteiger partial charge in [0.15, 0.2) is 0 Å². The van der Waals surface area contributed by atoms with E-state index in [9.17, 15) is 4.79 Å². The van der Waals surface area contributed by atoms with Crippen LogP contribution in [0.5, 0.6) is 11.5 Å². The Morgan fingerprint density at radius 2 is 2.08 bits per heavy atom. The number of carbonyl (C=O) groups excluding carboxylic acids is 1. The molecule has 0 atom stereocenters. The van der Waals surface area contributed by atoms with Crippen LogP contribution < -0.4 is 14.8 Å². The van der Waals surface area contributed by atoms with E-state index in [0.29, 0.717) is 35.9 Å². The minimum atomic E-state index is -0.208. The maximum atomic E-state index is 12.3. The molecule has 1 aromatic carbocycles. The van der Waals surface area contributed by atoms with Gasteiger partial charge in [0.05, 0.1) is 19.9 Å². The molecule has 0 saturated heterocycles. The molecular weight excluding hydrogens is 332 g/mol.